The molecule has 0 saturated carbocycles. The molecule has 0 amide bonds. The van der Waals surface area contributed by atoms with E-state index < -0.39 is 0 Å². The molecule has 2 heterocycles. The van der Waals surface area contributed by atoms with Crippen LogP contribution in [0.4, 0.5) is 0 Å². The minimum absolute atomic E-state index is 0.519. The van der Waals surface area contributed by atoms with Crippen molar-refractivity contribution < 1.29 is 0 Å². The van der Waals surface area contributed by atoms with Crippen LogP contribution in [-0.2, 0) is 6.54 Å². The predicted molar refractivity (Wildman–Crippen MR) is 51.5 cm³/mol. The molecular weight excluding hydrogens is 168 g/mol. The fourth-order valence-corrected chi connectivity index (χ4v) is 2.55. The van der Waals surface area contributed by atoms with E-state index in [2.05, 4.69) is 31.1 Å². The van der Waals surface area contributed by atoms with Crippen molar-refractivity contribution >= 4 is 11.3 Å². The lowest BCUT2D eigenvalue weighted by Crippen LogP contribution is -2.07. The van der Waals surface area contributed by atoms with Gasteiger partial charge in [-0.25, -0.2) is 4.98 Å². The zero-order valence-electron chi connectivity index (χ0n) is 7.72. The van der Waals surface area contributed by atoms with Gasteiger partial charge in [-0.3, -0.25) is 0 Å². The first-order chi connectivity index (χ1) is 5.68. The third kappa shape index (κ3) is 1.17. The highest BCUT2D eigenvalue weighted by Gasteiger charge is 2.23. The van der Waals surface area contributed by atoms with Gasteiger partial charge in [-0.15, -0.1) is 11.3 Å². The maximum absolute atomic E-state index is 4.60. The van der Waals surface area contributed by atoms with E-state index in [0.717, 1.165) is 6.54 Å². The van der Waals surface area contributed by atoms with Gasteiger partial charge < -0.3 is 5.32 Å². The molecule has 0 saturated heterocycles. The first kappa shape index (κ1) is 8.20. The Bertz CT molecular complexity index is 291. The van der Waals surface area contributed by atoms with Crippen molar-refractivity contribution in [2.45, 2.75) is 39.3 Å². The molecule has 12 heavy (non-hydrogen) atoms. The van der Waals surface area contributed by atoms with Crippen LogP contribution < -0.4 is 5.32 Å². The number of rotatable bonds is 1. The van der Waals surface area contributed by atoms with Crippen LogP contribution >= 0.6 is 11.3 Å². The summed E-state index contributed by atoms with van der Waals surface area (Å²) in [6, 6.07) is 0.519. The molecule has 1 aromatic heterocycles. The molecule has 66 valence electrons. The second-order valence-corrected chi connectivity index (χ2v) is 4.68. The van der Waals surface area contributed by atoms with E-state index in [4.69, 9.17) is 0 Å². The maximum Gasteiger partial charge on any atom is 0.0957 e. The lowest BCUT2D eigenvalue weighted by atomic mass is 10.2. The Kier molecular flexibility index (Phi) is 1.93. The summed E-state index contributed by atoms with van der Waals surface area (Å²) in [6.07, 6.45) is 0. The van der Waals surface area contributed by atoms with Gasteiger partial charge in [0.05, 0.1) is 10.7 Å². The van der Waals surface area contributed by atoms with Gasteiger partial charge >= 0.3 is 0 Å². The van der Waals surface area contributed by atoms with Crippen LogP contribution in [0.5, 0.6) is 0 Å². The van der Waals surface area contributed by atoms with Crippen molar-refractivity contribution in [3.63, 3.8) is 0 Å². The largest absolute Gasteiger partial charge is 0.304 e. The summed E-state index contributed by atoms with van der Waals surface area (Å²) in [5.41, 5.74) is 1.27. The second kappa shape index (κ2) is 2.82. The molecule has 1 aromatic rings. The highest BCUT2D eigenvalue weighted by molar-refractivity contribution is 7.12. The standard InChI is InChI=1S/C9H14N2S/c1-5(2)9-11-7-4-10-6(3)8(7)12-9/h5-6,10H,4H2,1-3H3. The SMILES string of the molecule is CC(C)c1nc2c(s1)C(C)NC2. The second-order valence-electron chi connectivity index (χ2n) is 3.62. The summed E-state index contributed by atoms with van der Waals surface area (Å²) in [5, 5.41) is 4.66. The van der Waals surface area contributed by atoms with Crippen molar-refractivity contribution in [2.24, 2.45) is 0 Å². The molecule has 0 bridgehead atoms. The van der Waals surface area contributed by atoms with Gasteiger partial charge in [-0.05, 0) is 6.92 Å². The van der Waals surface area contributed by atoms with Crippen molar-refractivity contribution in [3.05, 3.63) is 15.6 Å². The zero-order valence-corrected chi connectivity index (χ0v) is 8.53. The Morgan fingerprint density at radius 2 is 2.33 bits per heavy atom. The summed E-state index contributed by atoms with van der Waals surface area (Å²) >= 11 is 1.86. The van der Waals surface area contributed by atoms with E-state index in [1.807, 2.05) is 11.3 Å². The van der Waals surface area contributed by atoms with Crippen LogP contribution in [0, 0.1) is 0 Å². The van der Waals surface area contributed by atoms with Gasteiger partial charge in [0.1, 0.15) is 0 Å². The summed E-state index contributed by atoms with van der Waals surface area (Å²) in [4.78, 5) is 6.04. The van der Waals surface area contributed by atoms with Crippen LogP contribution in [0.3, 0.4) is 0 Å². The quantitative estimate of drug-likeness (QED) is 0.721. The van der Waals surface area contributed by atoms with Gasteiger partial charge in [-0.2, -0.15) is 0 Å². The van der Waals surface area contributed by atoms with Gasteiger partial charge in [0.15, 0.2) is 0 Å². The molecule has 2 nitrogen and oxygen atoms in total. The summed E-state index contributed by atoms with van der Waals surface area (Å²) < 4.78 is 0. The fourth-order valence-electron chi connectivity index (χ4n) is 1.44. The normalized spacial score (nSPS) is 21.8. The molecular formula is C9H14N2S. The van der Waals surface area contributed by atoms with Crippen molar-refractivity contribution in [1.82, 2.24) is 10.3 Å². The van der Waals surface area contributed by atoms with Crippen LogP contribution in [0.2, 0.25) is 0 Å². The number of thiazole rings is 1. The van der Waals surface area contributed by atoms with Gasteiger partial charge in [0.2, 0.25) is 0 Å². The third-order valence-electron chi connectivity index (χ3n) is 2.21. The first-order valence-electron chi connectivity index (χ1n) is 4.41. The molecule has 0 spiro atoms. The predicted octanol–water partition coefficient (Wildman–Crippen LogP) is 2.43. The van der Waals surface area contributed by atoms with Crippen LogP contribution in [0.25, 0.3) is 0 Å². The first-order valence-corrected chi connectivity index (χ1v) is 5.23. The van der Waals surface area contributed by atoms with Crippen molar-refractivity contribution in [1.29, 1.82) is 0 Å². The Hall–Kier alpha value is -0.410. The molecule has 1 unspecified atom stereocenters. The molecule has 0 fully saturated rings. The van der Waals surface area contributed by atoms with Crippen LogP contribution in [-0.4, -0.2) is 4.98 Å². The van der Waals surface area contributed by atoms with Crippen LogP contribution in [0.15, 0.2) is 0 Å². The minimum Gasteiger partial charge on any atom is -0.304 e. The molecule has 1 atom stereocenters. The Labute approximate surface area is 77.0 Å². The van der Waals surface area contributed by atoms with Gasteiger partial charge in [-0.1, -0.05) is 13.8 Å². The summed E-state index contributed by atoms with van der Waals surface area (Å²) in [7, 11) is 0. The number of hydrogen-bond acceptors (Lipinski definition) is 3. The zero-order chi connectivity index (χ0) is 8.72. The molecule has 1 aliphatic rings. The highest BCUT2D eigenvalue weighted by atomic mass is 32.1. The Balaban J connectivity index is 2.36. The van der Waals surface area contributed by atoms with Gasteiger partial charge in [0.25, 0.3) is 0 Å². The fraction of sp³-hybridized carbons (Fsp3) is 0.667. The molecule has 1 N–H and O–H groups in total. The van der Waals surface area contributed by atoms with Gasteiger partial charge in [0, 0.05) is 23.4 Å². The number of hydrogen-bond donors (Lipinski definition) is 1. The molecule has 0 radical (unpaired) electrons. The van der Waals surface area contributed by atoms with Crippen LogP contribution in [0.1, 0.15) is 48.3 Å². The summed E-state index contributed by atoms with van der Waals surface area (Å²) in [5.74, 6) is 0.577. The average Bonchev–Trinajstić information content (AvgIpc) is 2.53. The molecule has 2 rings (SSSR count). The van der Waals surface area contributed by atoms with Crippen molar-refractivity contribution in [2.75, 3.05) is 0 Å². The van der Waals surface area contributed by atoms with E-state index in [9.17, 15) is 0 Å². The number of nitrogens with one attached hydrogen (secondary N) is 1. The summed E-state index contributed by atoms with van der Waals surface area (Å²) in [6.45, 7) is 7.56. The van der Waals surface area contributed by atoms with E-state index in [-0.39, 0.29) is 0 Å². The maximum atomic E-state index is 4.60. The van der Waals surface area contributed by atoms with E-state index in [1.165, 1.54) is 15.6 Å². The van der Waals surface area contributed by atoms with E-state index in [1.54, 1.807) is 0 Å². The Morgan fingerprint density at radius 1 is 1.58 bits per heavy atom. The van der Waals surface area contributed by atoms with Crippen molar-refractivity contribution in [3.8, 4) is 0 Å². The number of aromatic nitrogens is 1. The smallest absolute Gasteiger partial charge is 0.0957 e. The number of nitrogens with zero attached hydrogens (tertiary/aromatic N) is 1. The molecule has 0 aliphatic carbocycles. The monoisotopic (exact) mass is 182 g/mol. The third-order valence-corrected chi connectivity index (χ3v) is 3.79. The van der Waals surface area contributed by atoms with E-state index in [0.29, 0.717) is 12.0 Å². The topological polar surface area (TPSA) is 24.9 Å². The average molecular weight is 182 g/mol. The van der Waals surface area contributed by atoms with E-state index >= 15 is 0 Å². The lowest BCUT2D eigenvalue weighted by Gasteiger charge is -2.01. The highest BCUT2D eigenvalue weighted by Crippen LogP contribution is 2.33. The Morgan fingerprint density at radius 3 is 2.92 bits per heavy atom. The number of fused-ring (bicyclic) bond motifs is 1. The minimum atomic E-state index is 0.519. The molecule has 0 aromatic carbocycles. The molecule has 3 heteroatoms. The lowest BCUT2D eigenvalue weighted by molar-refractivity contribution is 0.634. The molecule has 1 aliphatic heterocycles.